The van der Waals surface area contributed by atoms with Gasteiger partial charge in [0.15, 0.2) is 5.65 Å². The van der Waals surface area contributed by atoms with Crippen molar-refractivity contribution >= 4 is 23.7 Å². The fraction of sp³-hybridized carbons (Fsp3) is 0.250. The first-order chi connectivity index (χ1) is 11.7. The van der Waals surface area contributed by atoms with Gasteiger partial charge in [0.25, 0.3) is 0 Å². The number of imidazole rings is 1. The van der Waals surface area contributed by atoms with Crippen LogP contribution in [0.25, 0.3) is 5.65 Å². The summed E-state index contributed by atoms with van der Waals surface area (Å²) in [5.41, 5.74) is 6.45. The summed E-state index contributed by atoms with van der Waals surface area (Å²) < 4.78 is 7.55. The van der Waals surface area contributed by atoms with Crippen LogP contribution in [0.2, 0.25) is 0 Å². The van der Waals surface area contributed by atoms with Crippen molar-refractivity contribution < 1.29 is 4.74 Å². The summed E-state index contributed by atoms with van der Waals surface area (Å²) in [7, 11) is 0. The first-order valence-electron chi connectivity index (χ1n) is 7.97. The Morgan fingerprint density at radius 3 is 2.76 bits per heavy atom. The lowest BCUT2D eigenvalue weighted by atomic mass is 10.1. The number of aromatic nitrogens is 2. The third-order valence-electron chi connectivity index (χ3n) is 4.10. The van der Waals surface area contributed by atoms with Crippen LogP contribution in [0.3, 0.4) is 0 Å². The molecule has 4 nitrogen and oxygen atoms in total. The van der Waals surface area contributed by atoms with Crippen LogP contribution in [0.5, 0.6) is 0 Å². The van der Waals surface area contributed by atoms with Gasteiger partial charge in [-0.15, -0.1) is 18.8 Å². The summed E-state index contributed by atoms with van der Waals surface area (Å²) in [5.74, 6) is 2.49. The minimum absolute atomic E-state index is 0. The zero-order valence-electron chi connectivity index (χ0n) is 14.5. The molecule has 0 amide bonds. The summed E-state index contributed by atoms with van der Waals surface area (Å²) in [5, 5.41) is 3.50. The topological polar surface area (TPSA) is 38.6 Å². The van der Waals surface area contributed by atoms with Gasteiger partial charge in [-0.25, -0.2) is 4.98 Å². The molecule has 0 aliphatic carbocycles. The van der Waals surface area contributed by atoms with Crippen molar-refractivity contribution in [2.75, 3.05) is 11.9 Å². The fourth-order valence-corrected chi connectivity index (χ4v) is 2.75. The number of nitrogens with zero attached hydrogens (tertiary/aromatic N) is 2. The van der Waals surface area contributed by atoms with Crippen LogP contribution in [-0.4, -0.2) is 16.0 Å². The normalized spacial score (nSPS) is 10.3. The molecule has 3 aromatic rings. The van der Waals surface area contributed by atoms with Crippen molar-refractivity contribution in [2.45, 2.75) is 27.0 Å². The predicted octanol–water partition coefficient (Wildman–Crippen LogP) is 4.13. The standard InChI is InChI=1S/C20H21N3O.ClH/c1-4-12-24-14-19-16(3)22-20-18(10-7-11-23(19)20)21-13-17-9-6-5-8-15(17)2;/h1,5-11,21H,12-14H2,2-3H3;1H. The van der Waals surface area contributed by atoms with Crippen molar-refractivity contribution in [1.82, 2.24) is 9.38 Å². The van der Waals surface area contributed by atoms with Gasteiger partial charge in [-0.2, -0.15) is 0 Å². The van der Waals surface area contributed by atoms with Crippen LogP contribution in [0.15, 0.2) is 42.6 Å². The van der Waals surface area contributed by atoms with E-state index in [0.717, 1.165) is 29.3 Å². The number of anilines is 1. The van der Waals surface area contributed by atoms with Gasteiger partial charge in [-0.1, -0.05) is 30.2 Å². The summed E-state index contributed by atoms with van der Waals surface area (Å²) in [6.45, 7) is 5.64. The first-order valence-corrected chi connectivity index (χ1v) is 7.97. The number of terminal acetylenes is 1. The monoisotopic (exact) mass is 355 g/mol. The minimum atomic E-state index is 0. The second-order valence-electron chi connectivity index (χ2n) is 5.74. The number of hydrogen-bond donors (Lipinski definition) is 1. The highest BCUT2D eigenvalue weighted by Crippen LogP contribution is 2.21. The zero-order chi connectivity index (χ0) is 16.9. The van der Waals surface area contributed by atoms with Gasteiger partial charge in [0, 0.05) is 12.7 Å². The largest absolute Gasteiger partial charge is 0.378 e. The lowest BCUT2D eigenvalue weighted by Crippen LogP contribution is -2.04. The van der Waals surface area contributed by atoms with E-state index in [1.807, 2.05) is 25.3 Å². The molecule has 0 fully saturated rings. The van der Waals surface area contributed by atoms with E-state index in [9.17, 15) is 0 Å². The van der Waals surface area contributed by atoms with Crippen LogP contribution in [-0.2, 0) is 17.9 Å². The second-order valence-corrected chi connectivity index (χ2v) is 5.74. The number of rotatable bonds is 6. The molecule has 1 aromatic carbocycles. The predicted molar refractivity (Wildman–Crippen MR) is 104 cm³/mol. The average Bonchev–Trinajstić information content (AvgIpc) is 2.91. The highest BCUT2D eigenvalue weighted by molar-refractivity contribution is 5.85. The lowest BCUT2D eigenvalue weighted by Gasteiger charge is -2.10. The molecule has 0 saturated carbocycles. The SMILES string of the molecule is C#CCOCc1c(C)nc2c(NCc3ccccc3C)cccn12.Cl. The van der Waals surface area contributed by atoms with Crippen molar-refractivity contribution in [1.29, 1.82) is 0 Å². The molecule has 0 aliphatic heterocycles. The van der Waals surface area contributed by atoms with Gasteiger partial charge in [-0.3, -0.25) is 4.40 Å². The molecule has 5 heteroatoms. The number of aryl methyl sites for hydroxylation is 2. The van der Waals surface area contributed by atoms with E-state index in [4.69, 9.17) is 16.1 Å². The van der Waals surface area contributed by atoms with Gasteiger partial charge in [-0.05, 0) is 37.1 Å². The smallest absolute Gasteiger partial charge is 0.160 e. The maximum Gasteiger partial charge on any atom is 0.160 e. The molecule has 1 N–H and O–H groups in total. The Morgan fingerprint density at radius 2 is 2.00 bits per heavy atom. The maximum atomic E-state index is 5.48. The van der Waals surface area contributed by atoms with E-state index in [-0.39, 0.29) is 12.4 Å². The molecule has 0 saturated heterocycles. The molecule has 130 valence electrons. The van der Waals surface area contributed by atoms with Crippen LogP contribution in [0, 0.1) is 26.2 Å². The Bertz CT molecular complexity index is 896. The minimum Gasteiger partial charge on any atom is -0.378 e. The Labute approximate surface area is 154 Å². The lowest BCUT2D eigenvalue weighted by molar-refractivity contribution is 0.149. The third kappa shape index (κ3) is 4.14. The van der Waals surface area contributed by atoms with Gasteiger partial charge in [0.2, 0.25) is 0 Å². The number of halogens is 1. The van der Waals surface area contributed by atoms with Crippen LogP contribution >= 0.6 is 12.4 Å². The molecular formula is C20H22ClN3O. The summed E-state index contributed by atoms with van der Waals surface area (Å²) in [6.07, 6.45) is 7.25. The number of nitrogens with one attached hydrogen (secondary N) is 1. The van der Waals surface area contributed by atoms with E-state index in [0.29, 0.717) is 13.2 Å². The summed E-state index contributed by atoms with van der Waals surface area (Å²) >= 11 is 0. The number of hydrogen-bond acceptors (Lipinski definition) is 3. The Balaban J connectivity index is 0.00000225. The van der Waals surface area contributed by atoms with E-state index in [2.05, 4.69) is 46.8 Å². The molecular weight excluding hydrogens is 334 g/mol. The molecule has 0 spiro atoms. The fourth-order valence-electron chi connectivity index (χ4n) is 2.75. The maximum absolute atomic E-state index is 5.48. The van der Waals surface area contributed by atoms with Crippen LogP contribution in [0.4, 0.5) is 5.69 Å². The summed E-state index contributed by atoms with van der Waals surface area (Å²) in [6, 6.07) is 12.4. The van der Waals surface area contributed by atoms with Crippen molar-refractivity contribution in [3.63, 3.8) is 0 Å². The first kappa shape index (κ1) is 18.9. The molecule has 0 aliphatic rings. The van der Waals surface area contributed by atoms with Crippen LogP contribution in [0.1, 0.15) is 22.5 Å². The molecule has 3 rings (SSSR count). The van der Waals surface area contributed by atoms with Gasteiger partial charge >= 0.3 is 0 Å². The van der Waals surface area contributed by atoms with Gasteiger partial charge in [0.05, 0.1) is 23.7 Å². The number of ether oxygens (including phenoxy) is 1. The van der Waals surface area contributed by atoms with Crippen molar-refractivity contribution in [3.8, 4) is 12.3 Å². The third-order valence-corrected chi connectivity index (χ3v) is 4.10. The van der Waals surface area contributed by atoms with E-state index < -0.39 is 0 Å². The Morgan fingerprint density at radius 1 is 1.20 bits per heavy atom. The quantitative estimate of drug-likeness (QED) is 0.533. The summed E-state index contributed by atoms with van der Waals surface area (Å²) in [4.78, 5) is 4.70. The Kier molecular flexibility index (Phi) is 6.46. The average molecular weight is 356 g/mol. The zero-order valence-corrected chi connectivity index (χ0v) is 15.3. The molecule has 0 bridgehead atoms. The number of fused-ring (bicyclic) bond motifs is 1. The van der Waals surface area contributed by atoms with Crippen molar-refractivity contribution in [3.05, 3.63) is 65.1 Å². The van der Waals surface area contributed by atoms with E-state index >= 15 is 0 Å². The highest BCUT2D eigenvalue weighted by Gasteiger charge is 2.11. The Hall–Kier alpha value is -2.48. The number of pyridine rings is 1. The van der Waals surface area contributed by atoms with Crippen molar-refractivity contribution in [2.24, 2.45) is 0 Å². The molecule has 2 aromatic heterocycles. The number of benzene rings is 1. The molecule has 0 atom stereocenters. The van der Waals surface area contributed by atoms with E-state index in [1.54, 1.807) is 0 Å². The van der Waals surface area contributed by atoms with E-state index in [1.165, 1.54) is 11.1 Å². The second kappa shape index (κ2) is 8.57. The molecule has 25 heavy (non-hydrogen) atoms. The molecule has 2 heterocycles. The molecule has 0 radical (unpaired) electrons. The highest BCUT2D eigenvalue weighted by atomic mass is 35.5. The van der Waals surface area contributed by atoms with Gasteiger partial charge in [0.1, 0.15) is 6.61 Å². The van der Waals surface area contributed by atoms with Crippen LogP contribution < -0.4 is 5.32 Å². The van der Waals surface area contributed by atoms with Gasteiger partial charge < -0.3 is 10.1 Å². The molecule has 0 unspecified atom stereocenters.